The number of fused-ring (bicyclic) bond motifs is 1. The highest BCUT2D eigenvalue weighted by Gasteiger charge is 2.54. The molecule has 3 heteroatoms. The fraction of sp³-hybridized carbons (Fsp3) is 0.733. The minimum absolute atomic E-state index is 0.0522. The zero-order chi connectivity index (χ0) is 13.7. The van der Waals surface area contributed by atoms with Gasteiger partial charge in [0.15, 0.2) is 5.78 Å². The first-order chi connectivity index (χ1) is 8.27. The van der Waals surface area contributed by atoms with Crippen molar-refractivity contribution in [1.29, 1.82) is 0 Å². The van der Waals surface area contributed by atoms with Crippen LogP contribution in [-0.4, -0.2) is 22.8 Å². The Labute approximate surface area is 108 Å². The second kappa shape index (κ2) is 4.30. The number of carbonyl (C=O) groups is 2. The minimum Gasteiger partial charge on any atom is -0.385 e. The monoisotopic (exact) mass is 250 g/mol. The molecule has 0 spiro atoms. The lowest BCUT2D eigenvalue weighted by molar-refractivity contribution is -0.156. The molecule has 2 aliphatic rings. The molecule has 0 radical (unpaired) electrons. The molecule has 2 rings (SSSR count). The van der Waals surface area contributed by atoms with E-state index in [-0.39, 0.29) is 29.3 Å². The summed E-state index contributed by atoms with van der Waals surface area (Å²) in [6, 6.07) is 0. The summed E-state index contributed by atoms with van der Waals surface area (Å²) in [5, 5.41) is 9.83. The summed E-state index contributed by atoms with van der Waals surface area (Å²) < 4.78 is 0. The van der Waals surface area contributed by atoms with Gasteiger partial charge in [0.2, 0.25) is 0 Å². The molecule has 5 atom stereocenters. The van der Waals surface area contributed by atoms with E-state index in [9.17, 15) is 14.7 Å². The van der Waals surface area contributed by atoms with Crippen LogP contribution in [0.4, 0.5) is 0 Å². The Balaban J connectivity index is 2.34. The van der Waals surface area contributed by atoms with Crippen molar-refractivity contribution in [1.82, 2.24) is 0 Å². The smallest absolute Gasteiger partial charge is 0.164 e. The number of aliphatic hydroxyl groups is 1. The second-order valence-electron chi connectivity index (χ2n) is 6.34. The van der Waals surface area contributed by atoms with Crippen LogP contribution < -0.4 is 0 Å². The van der Waals surface area contributed by atoms with Crippen LogP contribution in [0, 0.1) is 23.2 Å². The first kappa shape index (κ1) is 13.5. The van der Waals surface area contributed by atoms with Crippen LogP contribution in [0.25, 0.3) is 0 Å². The standard InChI is InChI=1S/C15H22O3/c1-8(2)10-5-11-9(3)14(18)12(16)7-15(11,4)13(17)6-10/h9-12,16H,1,5-7H2,2-4H3/t9-,10+,11-,12+,15+/m0/s1. The summed E-state index contributed by atoms with van der Waals surface area (Å²) in [4.78, 5) is 24.3. The van der Waals surface area contributed by atoms with Crippen molar-refractivity contribution in [2.24, 2.45) is 23.2 Å². The average Bonchev–Trinajstić information content (AvgIpc) is 2.28. The Morgan fingerprint density at radius 2 is 2.06 bits per heavy atom. The molecule has 3 nitrogen and oxygen atoms in total. The molecular weight excluding hydrogens is 228 g/mol. The van der Waals surface area contributed by atoms with Gasteiger partial charge in [0, 0.05) is 17.8 Å². The van der Waals surface area contributed by atoms with E-state index in [2.05, 4.69) is 6.58 Å². The van der Waals surface area contributed by atoms with Gasteiger partial charge in [-0.25, -0.2) is 0 Å². The summed E-state index contributed by atoms with van der Waals surface area (Å²) in [5.41, 5.74) is 0.495. The molecule has 1 N–H and O–H groups in total. The number of allylic oxidation sites excluding steroid dienone is 1. The molecule has 2 aliphatic carbocycles. The maximum absolute atomic E-state index is 12.4. The van der Waals surface area contributed by atoms with Crippen LogP contribution in [0.2, 0.25) is 0 Å². The molecule has 0 heterocycles. The molecule has 2 fully saturated rings. The molecule has 18 heavy (non-hydrogen) atoms. The molecule has 0 aliphatic heterocycles. The van der Waals surface area contributed by atoms with E-state index in [1.54, 1.807) is 0 Å². The van der Waals surface area contributed by atoms with Crippen LogP contribution in [0.1, 0.15) is 40.0 Å². The number of ketones is 2. The third-order valence-corrected chi connectivity index (χ3v) is 5.12. The summed E-state index contributed by atoms with van der Waals surface area (Å²) in [6.07, 6.45) is 0.682. The highest BCUT2D eigenvalue weighted by atomic mass is 16.3. The lowest BCUT2D eigenvalue weighted by Crippen LogP contribution is -2.54. The topological polar surface area (TPSA) is 54.4 Å². The van der Waals surface area contributed by atoms with Crippen molar-refractivity contribution >= 4 is 11.6 Å². The molecular formula is C15H22O3. The Hall–Kier alpha value is -0.960. The van der Waals surface area contributed by atoms with Gasteiger partial charge >= 0.3 is 0 Å². The van der Waals surface area contributed by atoms with E-state index in [1.165, 1.54) is 0 Å². The molecule has 0 aromatic carbocycles. The maximum atomic E-state index is 12.4. The van der Waals surface area contributed by atoms with Gasteiger partial charge in [-0.2, -0.15) is 0 Å². The number of hydrogen-bond donors (Lipinski definition) is 1. The van der Waals surface area contributed by atoms with Crippen molar-refractivity contribution in [3.63, 3.8) is 0 Å². The molecule has 0 amide bonds. The largest absolute Gasteiger partial charge is 0.385 e. The second-order valence-corrected chi connectivity index (χ2v) is 6.34. The number of Topliss-reactive ketones (excluding diaryl/α,β-unsaturated/α-hetero) is 2. The number of hydrogen-bond acceptors (Lipinski definition) is 3. The Kier molecular flexibility index (Phi) is 3.22. The summed E-state index contributed by atoms with van der Waals surface area (Å²) in [5.74, 6) is 0.0973. The van der Waals surface area contributed by atoms with Crippen molar-refractivity contribution < 1.29 is 14.7 Å². The van der Waals surface area contributed by atoms with Gasteiger partial charge in [-0.1, -0.05) is 26.0 Å². The van der Waals surface area contributed by atoms with Crippen LogP contribution >= 0.6 is 0 Å². The summed E-state index contributed by atoms with van der Waals surface area (Å²) in [7, 11) is 0. The molecule has 0 aromatic rings. The first-order valence-electron chi connectivity index (χ1n) is 6.68. The van der Waals surface area contributed by atoms with Crippen molar-refractivity contribution in [3.8, 4) is 0 Å². The van der Waals surface area contributed by atoms with E-state index >= 15 is 0 Å². The van der Waals surface area contributed by atoms with Crippen molar-refractivity contribution in [2.75, 3.05) is 0 Å². The predicted molar refractivity (Wildman–Crippen MR) is 68.9 cm³/mol. The number of rotatable bonds is 1. The van der Waals surface area contributed by atoms with Gasteiger partial charge in [0.05, 0.1) is 0 Å². The van der Waals surface area contributed by atoms with E-state index in [1.807, 2.05) is 20.8 Å². The van der Waals surface area contributed by atoms with Gasteiger partial charge < -0.3 is 5.11 Å². The molecule has 2 saturated carbocycles. The van der Waals surface area contributed by atoms with Crippen LogP contribution in [-0.2, 0) is 9.59 Å². The lowest BCUT2D eigenvalue weighted by Gasteiger charge is -2.49. The maximum Gasteiger partial charge on any atom is 0.164 e. The van der Waals surface area contributed by atoms with Crippen LogP contribution in [0.15, 0.2) is 12.2 Å². The molecule has 0 bridgehead atoms. The third kappa shape index (κ3) is 1.85. The number of aliphatic hydroxyl groups excluding tert-OH is 1. The highest BCUT2D eigenvalue weighted by Crippen LogP contribution is 2.51. The van der Waals surface area contributed by atoms with E-state index in [0.717, 1.165) is 12.0 Å². The van der Waals surface area contributed by atoms with Crippen molar-refractivity contribution in [3.05, 3.63) is 12.2 Å². The van der Waals surface area contributed by atoms with E-state index < -0.39 is 11.5 Å². The molecule has 0 aromatic heterocycles. The molecule has 0 saturated heterocycles. The fourth-order valence-electron chi connectivity index (χ4n) is 3.71. The quantitative estimate of drug-likeness (QED) is 0.725. The number of carbonyl (C=O) groups excluding carboxylic acids is 2. The SMILES string of the molecule is C=C(C)[C@H]1CC(=O)[C@]2(C)C[C@@H](O)C(=O)[C@@H](C)[C@@H]2C1. The van der Waals surface area contributed by atoms with Gasteiger partial charge in [0.1, 0.15) is 11.9 Å². The normalized spacial score (nSPS) is 44.7. The van der Waals surface area contributed by atoms with Crippen LogP contribution in [0.5, 0.6) is 0 Å². The third-order valence-electron chi connectivity index (χ3n) is 5.12. The Bertz CT molecular complexity index is 412. The van der Waals surface area contributed by atoms with Gasteiger partial charge in [-0.05, 0) is 31.6 Å². The van der Waals surface area contributed by atoms with E-state index in [4.69, 9.17) is 0 Å². The summed E-state index contributed by atoms with van der Waals surface area (Å²) in [6.45, 7) is 9.66. The zero-order valence-electron chi connectivity index (χ0n) is 11.4. The first-order valence-corrected chi connectivity index (χ1v) is 6.68. The minimum atomic E-state index is -0.966. The van der Waals surface area contributed by atoms with Crippen LogP contribution in [0.3, 0.4) is 0 Å². The predicted octanol–water partition coefficient (Wildman–Crippen LogP) is 2.13. The van der Waals surface area contributed by atoms with Gasteiger partial charge in [0.25, 0.3) is 0 Å². The molecule has 0 unspecified atom stereocenters. The van der Waals surface area contributed by atoms with Crippen molar-refractivity contribution in [2.45, 2.75) is 46.1 Å². The Morgan fingerprint density at radius 3 is 2.61 bits per heavy atom. The van der Waals surface area contributed by atoms with Gasteiger partial charge in [-0.3, -0.25) is 9.59 Å². The summed E-state index contributed by atoms with van der Waals surface area (Å²) >= 11 is 0. The lowest BCUT2D eigenvalue weighted by atomic mass is 9.53. The Morgan fingerprint density at radius 1 is 1.44 bits per heavy atom. The van der Waals surface area contributed by atoms with Gasteiger partial charge in [-0.15, -0.1) is 0 Å². The fourth-order valence-corrected chi connectivity index (χ4v) is 3.71. The molecule has 100 valence electrons. The zero-order valence-corrected chi connectivity index (χ0v) is 11.4. The average molecular weight is 250 g/mol. The highest BCUT2D eigenvalue weighted by molar-refractivity contribution is 5.93. The van der Waals surface area contributed by atoms with E-state index in [0.29, 0.717) is 12.8 Å².